The van der Waals surface area contributed by atoms with E-state index in [1.807, 2.05) is 56.3 Å². The Morgan fingerprint density at radius 1 is 0.879 bits per heavy atom. The zero-order valence-corrected chi connectivity index (χ0v) is 19.5. The second-order valence-corrected chi connectivity index (χ2v) is 7.76. The molecule has 2 unspecified atom stereocenters. The van der Waals surface area contributed by atoms with Crippen molar-refractivity contribution in [3.05, 3.63) is 71.3 Å². The summed E-state index contributed by atoms with van der Waals surface area (Å²) in [7, 11) is 0. The first-order valence-corrected chi connectivity index (χ1v) is 11.3. The van der Waals surface area contributed by atoms with E-state index < -0.39 is 18.1 Å². The lowest BCUT2D eigenvalue weighted by atomic mass is 9.99. The van der Waals surface area contributed by atoms with E-state index in [0.717, 1.165) is 11.1 Å². The van der Waals surface area contributed by atoms with E-state index in [4.69, 9.17) is 14.2 Å². The van der Waals surface area contributed by atoms with Gasteiger partial charge in [-0.15, -0.1) is 0 Å². The van der Waals surface area contributed by atoms with E-state index in [1.54, 1.807) is 19.1 Å². The SMILES string of the molecule is CCOC(=O)c1ccc(CCCOC(=O)C(NC(=O)OCc2ccccc2)C(C)CC)cc1. The molecule has 0 radical (unpaired) electrons. The number of nitrogens with one attached hydrogen (secondary N) is 1. The van der Waals surface area contributed by atoms with E-state index in [1.165, 1.54) is 0 Å². The maximum Gasteiger partial charge on any atom is 0.408 e. The maximum absolute atomic E-state index is 12.6. The Morgan fingerprint density at radius 3 is 2.21 bits per heavy atom. The number of ether oxygens (including phenoxy) is 3. The van der Waals surface area contributed by atoms with Crippen LogP contribution in [0.15, 0.2) is 54.6 Å². The summed E-state index contributed by atoms with van der Waals surface area (Å²) in [5, 5.41) is 2.64. The summed E-state index contributed by atoms with van der Waals surface area (Å²) in [4.78, 5) is 36.5. The molecule has 0 aromatic heterocycles. The second kappa shape index (κ2) is 13.9. The van der Waals surface area contributed by atoms with Crippen molar-refractivity contribution in [2.75, 3.05) is 13.2 Å². The lowest BCUT2D eigenvalue weighted by Crippen LogP contribution is -2.46. The summed E-state index contributed by atoms with van der Waals surface area (Å²) >= 11 is 0. The summed E-state index contributed by atoms with van der Waals surface area (Å²) < 4.78 is 15.6. The number of rotatable bonds is 12. The summed E-state index contributed by atoms with van der Waals surface area (Å²) in [6.07, 6.45) is 1.36. The van der Waals surface area contributed by atoms with Crippen LogP contribution < -0.4 is 5.32 Å². The first-order valence-electron chi connectivity index (χ1n) is 11.3. The molecule has 0 bridgehead atoms. The third kappa shape index (κ3) is 8.96. The van der Waals surface area contributed by atoms with Crippen molar-refractivity contribution >= 4 is 18.0 Å². The molecule has 0 saturated heterocycles. The third-order valence-electron chi connectivity index (χ3n) is 5.27. The van der Waals surface area contributed by atoms with Crippen molar-refractivity contribution in [2.24, 2.45) is 5.92 Å². The van der Waals surface area contributed by atoms with Gasteiger partial charge in [0, 0.05) is 0 Å². The van der Waals surface area contributed by atoms with Crippen LogP contribution in [-0.2, 0) is 32.0 Å². The van der Waals surface area contributed by atoms with Crippen LogP contribution in [-0.4, -0.2) is 37.3 Å². The number of alkyl carbamates (subject to hydrolysis) is 1. The van der Waals surface area contributed by atoms with E-state index >= 15 is 0 Å². The van der Waals surface area contributed by atoms with Crippen LogP contribution in [0.1, 0.15) is 55.1 Å². The molecule has 0 aliphatic carbocycles. The maximum atomic E-state index is 12.6. The normalized spacial score (nSPS) is 12.3. The Hall–Kier alpha value is -3.35. The first-order chi connectivity index (χ1) is 15.9. The molecule has 7 heteroatoms. The quantitative estimate of drug-likeness (QED) is 0.284. The Balaban J connectivity index is 1.78. The molecule has 1 amide bonds. The number of aryl methyl sites for hydroxylation is 1. The Kier molecular flexibility index (Phi) is 10.9. The van der Waals surface area contributed by atoms with Crippen molar-refractivity contribution in [3.63, 3.8) is 0 Å². The molecule has 0 saturated carbocycles. The Bertz CT molecular complexity index is 881. The minimum absolute atomic E-state index is 0.0998. The molecule has 0 fully saturated rings. The van der Waals surface area contributed by atoms with E-state index in [0.29, 0.717) is 31.4 Å². The van der Waals surface area contributed by atoms with Gasteiger partial charge in [-0.2, -0.15) is 0 Å². The predicted octanol–water partition coefficient (Wildman–Crippen LogP) is 4.68. The Morgan fingerprint density at radius 2 is 1.58 bits per heavy atom. The van der Waals surface area contributed by atoms with Crippen LogP contribution in [0.5, 0.6) is 0 Å². The van der Waals surface area contributed by atoms with Gasteiger partial charge in [-0.05, 0) is 48.9 Å². The van der Waals surface area contributed by atoms with E-state index in [-0.39, 0.29) is 25.1 Å². The van der Waals surface area contributed by atoms with E-state index in [2.05, 4.69) is 5.32 Å². The molecule has 0 aliphatic rings. The average molecular weight is 456 g/mol. The van der Waals surface area contributed by atoms with Gasteiger partial charge in [-0.1, -0.05) is 62.7 Å². The van der Waals surface area contributed by atoms with Gasteiger partial charge in [0.1, 0.15) is 12.6 Å². The zero-order chi connectivity index (χ0) is 24.1. The Labute approximate surface area is 195 Å². The van der Waals surface area contributed by atoms with Crippen LogP contribution in [0.4, 0.5) is 4.79 Å². The number of carbonyl (C=O) groups is 3. The van der Waals surface area contributed by atoms with Crippen molar-refractivity contribution in [1.29, 1.82) is 0 Å². The third-order valence-corrected chi connectivity index (χ3v) is 5.27. The molecule has 7 nitrogen and oxygen atoms in total. The van der Waals surface area contributed by atoms with Crippen LogP contribution >= 0.6 is 0 Å². The van der Waals surface area contributed by atoms with Crippen LogP contribution in [0.2, 0.25) is 0 Å². The second-order valence-electron chi connectivity index (χ2n) is 7.76. The van der Waals surface area contributed by atoms with Crippen molar-refractivity contribution < 1.29 is 28.6 Å². The molecule has 0 heterocycles. The smallest absolute Gasteiger partial charge is 0.408 e. The minimum Gasteiger partial charge on any atom is -0.464 e. The largest absolute Gasteiger partial charge is 0.464 e. The average Bonchev–Trinajstić information content (AvgIpc) is 2.84. The topological polar surface area (TPSA) is 90.9 Å². The molecule has 0 aliphatic heterocycles. The summed E-state index contributed by atoms with van der Waals surface area (Å²) in [5.74, 6) is -0.917. The van der Waals surface area contributed by atoms with Gasteiger partial charge in [-0.25, -0.2) is 14.4 Å². The number of esters is 2. The number of amides is 1. The van der Waals surface area contributed by atoms with Gasteiger partial charge in [0.2, 0.25) is 0 Å². The fraction of sp³-hybridized carbons (Fsp3) is 0.423. The fourth-order valence-electron chi connectivity index (χ4n) is 3.12. The van der Waals surface area contributed by atoms with Gasteiger partial charge < -0.3 is 19.5 Å². The van der Waals surface area contributed by atoms with Gasteiger partial charge >= 0.3 is 18.0 Å². The van der Waals surface area contributed by atoms with Crippen molar-refractivity contribution in [3.8, 4) is 0 Å². The van der Waals surface area contributed by atoms with Gasteiger partial charge in [-0.3, -0.25) is 0 Å². The summed E-state index contributed by atoms with van der Waals surface area (Å²) in [6, 6.07) is 15.7. The van der Waals surface area contributed by atoms with Crippen molar-refractivity contribution in [2.45, 2.75) is 52.7 Å². The predicted molar refractivity (Wildman–Crippen MR) is 125 cm³/mol. The highest BCUT2D eigenvalue weighted by Crippen LogP contribution is 2.12. The minimum atomic E-state index is -0.776. The van der Waals surface area contributed by atoms with Crippen molar-refractivity contribution in [1.82, 2.24) is 5.32 Å². The zero-order valence-electron chi connectivity index (χ0n) is 19.5. The number of carbonyl (C=O) groups excluding carboxylic acids is 3. The van der Waals surface area contributed by atoms with Gasteiger partial charge in [0.25, 0.3) is 0 Å². The van der Waals surface area contributed by atoms with Gasteiger partial charge in [0.15, 0.2) is 0 Å². The molecular formula is C26H33NO6. The molecule has 2 rings (SSSR count). The lowest BCUT2D eigenvalue weighted by molar-refractivity contribution is -0.147. The van der Waals surface area contributed by atoms with Crippen LogP contribution in [0.25, 0.3) is 0 Å². The van der Waals surface area contributed by atoms with E-state index in [9.17, 15) is 14.4 Å². The molecule has 2 aromatic carbocycles. The molecule has 33 heavy (non-hydrogen) atoms. The highest BCUT2D eigenvalue weighted by atomic mass is 16.6. The summed E-state index contributed by atoms with van der Waals surface area (Å²) in [5.41, 5.74) is 2.40. The molecule has 0 spiro atoms. The highest BCUT2D eigenvalue weighted by Gasteiger charge is 2.28. The molecule has 2 atom stereocenters. The standard InChI is InChI=1S/C26H33NO6/c1-4-19(3)23(27-26(30)33-18-21-10-7-6-8-11-21)25(29)32-17-9-12-20-13-15-22(16-14-20)24(28)31-5-2/h6-8,10-11,13-16,19,23H,4-5,9,12,17-18H2,1-3H3,(H,27,30). The van der Waals surface area contributed by atoms with Gasteiger partial charge in [0.05, 0.1) is 18.8 Å². The monoisotopic (exact) mass is 455 g/mol. The molecular weight excluding hydrogens is 422 g/mol. The fourth-order valence-corrected chi connectivity index (χ4v) is 3.12. The number of hydrogen-bond acceptors (Lipinski definition) is 6. The molecule has 2 aromatic rings. The highest BCUT2D eigenvalue weighted by molar-refractivity contribution is 5.89. The van der Waals surface area contributed by atoms with Crippen LogP contribution in [0, 0.1) is 5.92 Å². The number of benzene rings is 2. The number of hydrogen-bond donors (Lipinski definition) is 1. The molecule has 1 N–H and O–H groups in total. The first kappa shape index (κ1) is 25.9. The summed E-state index contributed by atoms with van der Waals surface area (Å²) in [6.45, 7) is 6.29. The molecule has 178 valence electrons. The van der Waals surface area contributed by atoms with Crippen LogP contribution in [0.3, 0.4) is 0 Å². The lowest BCUT2D eigenvalue weighted by Gasteiger charge is -2.22.